The number of non-ortho nitro benzene ring substituents is 1. The molecule has 6 heteroatoms. The highest BCUT2D eigenvalue weighted by atomic mass is 79.9. The summed E-state index contributed by atoms with van der Waals surface area (Å²) in [6.45, 7) is 5.62. The van der Waals surface area contributed by atoms with Gasteiger partial charge >= 0.3 is 0 Å². The predicted molar refractivity (Wildman–Crippen MR) is 88.8 cm³/mol. The number of nitrogens with zero attached hydrogens (tertiary/aromatic N) is 2. The lowest BCUT2D eigenvalue weighted by Crippen LogP contribution is -2.27. The average Bonchev–Trinajstić information content (AvgIpc) is 2.67. The van der Waals surface area contributed by atoms with Crippen LogP contribution in [0.4, 0.5) is 11.4 Å². The Morgan fingerprint density at radius 1 is 1.43 bits per heavy atom. The monoisotopic (exact) mass is 355 g/mol. The smallest absolute Gasteiger partial charge is 0.271 e. The summed E-state index contributed by atoms with van der Waals surface area (Å²) in [5.41, 5.74) is 0.945. The van der Waals surface area contributed by atoms with E-state index in [1.807, 2.05) is 0 Å². The Hall–Kier alpha value is -1.14. The molecule has 1 heterocycles. The molecule has 1 saturated heterocycles. The largest absolute Gasteiger partial charge is 0.381 e. The zero-order chi connectivity index (χ0) is 15.2. The Kier molecular flexibility index (Phi) is 5.99. The van der Waals surface area contributed by atoms with E-state index in [0.29, 0.717) is 6.04 Å². The van der Waals surface area contributed by atoms with Crippen molar-refractivity contribution in [3.05, 3.63) is 32.8 Å². The molecule has 0 bridgehead atoms. The van der Waals surface area contributed by atoms with Gasteiger partial charge in [-0.05, 0) is 60.8 Å². The highest BCUT2D eigenvalue weighted by Crippen LogP contribution is 2.29. The van der Waals surface area contributed by atoms with Crippen molar-refractivity contribution in [3.8, 4) is 0 Å². The van der Waals surface area contributed by atoms with Crippen LogP contribution in [0, 0.1) is 10.1 Å². The van der Waals surface area contributed by atoms with Crippen LogP contribution in [0.1, 0.15) is 32.6 Å². The van der Waals surface area contributed by atoms with Gasteiger partial charge in [-0.1, -0.05) is 6.92 Å². The molecule has 1 aromatic carbocycles. The molecule has 0 amide bonds. The highest BCUT2D eigenvalue weighted by molar-refractivity contribution is 9.10. The van der Waals surface area contributed by atoms with E-state index in [1.54, 1.807) is 12.1 Å². The normalized spacial score (nSPS) is 20.0. The van der Waals surface area contributed by atoms with Crippen LogP contribution in [0.5, 0.6) is 0 Å². The van der Waals surface area contributed by atoms with Gasteiger partial charge in [-0.25, -0.2) is 0 Å². The molecule has 1 unspecified atom stereocenters. The van der Waals surface area contributed by atoms with Crippen LogP contribution < -0.4 is 5.32 Å². The first-order chi connectivity index (χ1) is 10.1. The summed E-state index contributed by atoms with van der Waals surface area (Å²) in [5.74, 6) is 0. The third-order valence-electron chi connectivity index (χ3n) is 3.88. The first-order valence-corrected chi connectivity index (χ1v) is 8.32. The van der Waals surface area contributed by atoms with Crippen LogP contribution in [-0.4, -0.2) is 35.5 Å². The molecule has 0 saturated carbocycles. The van der Waals surface area contributed by atoms with Crippen LogP contribution in [0.2, 0.25) is 0 Å². The van der Waals surface area contributed by atoms with Crippen LogP contribution in [0.25, 0.3) is 0 Å². The molecule has 0 aromatic heterocycles. The number of nitro benzene ring substituents is 1. The first kappa shape index (κ1) is 16.2. The molecule has 5 nitrogen and oxygen atoms in total. The van der Waals surface area contributed by atoms with Crippen molar-refractivity contribution >= 4 is 27.3 Å². The summed E-state index contributed by atoms with van der Waals surface area (Å²) < 4.78 is 0.878. The maximum absolute atomic E-state index is 10.9. The molecular weight excluding hydrogens is 334 g/mol. The molecule has 1 atom stereocenters. The van der Waals surface area contributed by atoms with Crippen molar-refractivity contribution in [1.82, 2.24) is 4.90 Å². The van der Waals surface area contributed by atoms with E-state index in [2.05, 4.69) is 33.1 Å². The number of hydrogen-bond acceptors (Lipinski definition) is 4. The lowest BCUT2D eigenvalue weighted by atomic mass is 10.1. The molecule has 0 spiro atoms. The molecule has 2 rings (SSSR count). The van der Waals surface area contributed by atoms with Gasteiger partial charge in [0.25, 0.3) is 5.69 Å². The van der Waals surface area contributed by atoms with E-state index < -0.39 is 0 Å². The fourth-order valence-corrected chi connectivity index (χ4v) is 3.16. The lowest BCUT2D eigenvalue weighted by Gasteiger charge is -2.20. The molecule has 1 N–H and O–H groups in total. The molecule has 0 aliphatic carbocycles. The maximum Gasteiger partial charge on any atom is 0.271 e. The molecule has 0 radical (unpaired) electrons. The second-order valence-electron chi connectivity index (χ2n) is 5.54. The van der Waals surface area contributed by atoms with Crippen molar-refractivity contribution in [2.45, 2.75) is 38.6 Å². The summed E-state index contributed by atoms with van der Waals surface area (Å²) in [4.78, 5) is 13.0. The van der Waals surface area contributed by atoms with Gasteiger partial charge in [-0.2, -0.15) is 0 Å². The van der Waals surface area contributed by atoms with Crippen LogP contribution >= 0.6 is 15.9 Å². The molecule has 1 aromatic rings. The van der Waals surface area contributed by atoms with Crippen molar-refractivity contribution < 1.29 is 4.92 Å². The summed E-state index contributed by atoms with van der Waals surface area (Å²) in [6.07, 6.45) is 4.54. The van der Waals surface area contributed by atoms with Crippen molar-refractivity contribution in [1.29, 1.82) is 0 Å². The van der Waals surface area contributed by atoms with Gasteiger partial charge in [-0.15, -0.1) is 0 Å². The quantitative estimate of drug-likeness (QED) is 0.639. The molecule has 1 aliphatic rings. The Morgan fingerprint density at radius 2 is 2.24 bits per heavy atom. The number of halogens is 1. The highest BCUT2D eigenvalue weighted by Gasteiger charge is 2.18. The number of hydrogen-bond donors (Lipinski definition) is 1. The standard InChI is InChI=1S/C15H22BrN3O2/c1-2-8-18-9-3-4-12(7-10-18)17-15-11-13(19(20)21)5-6-14(15)16/h5-6,11-12,17H,2-4,7-10H2,1H3. The van der Waals surface area contributed by atoms with E-state index in [4.69, 9.17) is 0 Å². The number of nitro groups is 1. The second kappa shape index (κ2) is 7.75. The van der Waals surface area contributed by atoms with E-state index in [-0.39, 0.29) is 10.6 Å². The zero-order valence-electron chi connectivity index (χ0n) is 12.3. The van der Waals surface area contributed by atoms with Gasteiger partial charge in [0.15, 0.2) is 0 Å². The lowest BCUT2D eigenvalue weighted by molar-refractivity contribution is -0.384. The number of likely N-dealkylation sites (tertiary alicyclic amines) is 1. The fourth-order valence-electron chi connectivity index (χ4n) is 2.80. The van der Waals surface area contributed by atoms with E-state index in [1.165, 1.54) is 18.9 Å². The topological polar surface area (TPSA) is 58.4 Å². The van der Waals surface area contributed by atoms with E-state index in [9.17, 15) is 10.1 Å². The minimum atomic E-state index is -0.353. The third kappa shape index (κ3) is 4.68. The minimum Gasteiger partial charge on any atom is -0.381 e. The Labute approximate surface area is 134 Å². The third-order valence-corrected chi connectivity index (χ3v) is 4.57. The number of anilines is 1. The van der Waals surface area contributed by atoms with Crippen LogP contribution in [-0.2, 0) is 0 Å². The van der Waals surface area contributed by atoms with Crippen LogP contribution in [0.3, 0.4) is 0 Å². The number of benzene rings is 1. The minimum absolute atomic E-state index is 0.127. The van der Waals surface area contributed by atoms with E-state index >= 15 is 0 Å². The Morgan fingerprint density at radius 3 is 2.95 bits per heavy atom. The van der Waals surface area contributed by atoms with Gasteiger partial charge < -0.3 is 10.2 Å². The molecule has 1 fully saturated rings. The Balaban J connectivity index is 2.01. The van der Waals surface area contributed by atoms with Gasteiger partial charge in [0, 0.05) is 29.2 Å². The molecule has 1 aliphatic heterocycles. The number of rotatable bonds is 5. The predicted octanol–water partition coefficient (Wildman–Crippen LogP) is 4.03. The zero-order valence-corrected chi connectivity index (χ0v) is 13.9. The van der Waals surface area contributed by atoms with Gasteiger partial charge in [0.2, 0.25) is 0 Å². The van der Waals surface area contributed by atoms with Crippen molar-refractivity contribution in [3.63, 3.8) is 0 Å². The second-order valence-corrected chi connectivity index (χ2v) is 6.39. The maximum atomic E-state index is 10.9. The summed E-state index contributed by atoms with van der Waals surface area (Å²) in [6, 6.07) is 5.25. The summed E-state index contributed by atoms with van der Waals surface area (Å²) in [7, 11) is 0. The molecule has 116 valence electrons. The first-order valence-electron chi connectivity index (χ1n) is 7.53. The average molecular weight is 356 g/mol. The molecular formula is C15H22BrN3O2. The van der Waals surface area contributed by atoms with E-state index in [0.717, 1.165) is 42.6 Å². The SMILES string of the molecule is CCCN1CCCC(Nc2cc([N+](=O)[O-])ccc2Br)CC1. The molecule has 21 heavy (non-hydrogen) atoms. The summed E-state index contributed by atoms with van der Waals surface area (Å²) >= 11 is 3.47. The number of nitrogens with one attached hydrogen (secondary N) is 1. The fraction of sp³-hybridized carbons (Fsp3) is 0.600. The van der Waals surface area contributed by atoms with Gasteiger partial charge in [-0.3, -0.25) is 10.1 Å². The Bertz CT molecular complexity index is 496. The van der Waals surface area contributed by atoms with Crippen molar-refractivity contribution in [2.75, 3.05) is 25.0 Å². The van der Waals surface area contributed by atoms with Gasteiger partial charge in [0.05, 0.1) is 10.6 Å². The summed E-state index contributed by atoms with van der Waals surface area (Å²) in [5, 5.41) is 14.4. The van der Waals surface area contributed by atoms with Crippen molar-refractivity contribution in [2.24, 2.45) is 0 Å². The van der Waals surface area contributed by atoms with Gasteiger partial charge in [0.1, 0.15) is 0 Å². The van der Waals surface area contributed by atoms with Crippen LogP contribution in [0.15, 0.2) is 22.7 Å².